The van der Waals surface area contributed by atoms with Crippen molar-refractivity contribution in [1.82, 2.24) is 9.88 Å². The highest BCUT2D eigenvalue weighted by Gasteiger charge is 2.29. The molecule has 1 aromatic heterocycles. The Labute approximate surface area is 156 Å². The zero-order chi connectivity index (χ0) is 20.3. The van der Waals surface area contributed by atoms with Crippen LogP contribution in [0.2, 0.25) is 0 Å². The first kappa shape index (κ1) is 19.7. The highest BCUT2D eigenvalue weighted by Crippen LogP contribution is 2.28. The predicted octanol–water partition coefficient (Wildman–Crippen LogP) is 1.69. The molecule has 27 heavy (non-hydrogen) atoms. The normalized spacial score (nSPS) is 15.4. The van der Waals surface area contributed by atoms with Crippen molar-refractivity contribution in [3.63, 3.8) is 0 Å². The fourth-order valence-electron chi connectivity index (χ4n) is 3.04. The number of hydrogen-bond donors (Lipinski definition) is 1. The van der Waals surface area contributed by atoms with Gasteiger partial charge in [0.25, 0.3) is 11.8 Å². The molecule has 2 heterocycles. The molecule has 1 aliphatic rings. The van der Waals surface area contributed by atoms with Crippen molar-refractivity contribution in [2.75, 3.05) is 6.61 Å². The molecule has 0 aliphatic carbocycles. The first-order valence-electron chi connectivity index (χ1n) is 8.20. The number of nitriles is 2. The highest BCUT2D eigenvalue weighted by atomic mass is 16.5. The lowest BCUT2D eigenvalue weighted by atomic mass is 9.95. The molecular formula is C19H18N4O4. The minimum atomic E-state index is -0.746. The maximum atomic E-state index is 12.3. The van der Waals surface area contributed by atoms with E-state index >= 15 is 0 Å². The quantitative estimate of drug-likeness (QED) is 0.491. The van der Waals surface area contributed by atoms with E-state index in [-0.39, 0.29) is 29.9 Å². The van der Waals surface area contributed by atoms with Gasteiger partial charge in [-0.25, -0.2) is 4.79 Å². The molecular weight excluding hydrogens is 348 g/mol. The van der Waals surface area contributed by atoms with Crippen LogP contribution in [-0.2, 0) is 20.9 Å². The van der Waals surface area contributed by atoms with Crippen molar-refractivity contribution < 1.29 is 19.1 Å². The summed E-state index contributed by atoms with van der Waals surface area (Å²) < 4.78 is 6.68. The van der Waals surface area contributed by atoms with Gasteiger partial charge < -0.3 is 9.30 Å². The van der Waals surface area contributed by atoms with Gasteiger partial charge in [0.2, 0.25) is 0 Å². The lowest BCUT2D eigenvalue weighted by Gasteiger charge is -2.16. The van der Waals surface area contributed by atoms with Gasteiger partial charge in [0, 0.05) is 17.0 Å². The summed E-state index contributed by atoms with van der Waals surface area (Å²) in [5, 5.41) is 20.4. The molecule has 1 N–H and O–H groups in total. The van der Waals surface area contributed by atoms with E-state index in [0.29, 0.717) is 22.5 Å². The maximum absolute atomic E-state index is 12.3. The van der Waals surface area contributed by atoms with Gasteiger partial charge in [0.1, 0.15) is 18.2 Å². The Morgan fingerprint density at radius 2 is 1.89 bits per heavy atom. The third-order valence-corrected chi connectivity index (χ3v) is 4.40. The molecule has 0 radical (unpaired) electrons. The number of hydrogen-bond acceptors (Lipinski definition) is 6. The second-order valence-electron chi connectivity index (χ2n) is 5.89. The first-order valence-corrected chi connectivity index (χ1v) is 8.20. The summed E-state index contributed by atoms with van der Waals surface area (Å²) in [6.07, 6.45) is 1.48. The Bertz CT molecular complexity index is 996. The van der Waals surface area contributed by atoms with E-state index in [9.17, 15) is 14.4 Å². The molecule has 1 aliphatic heterocycles. The molecule has 2 amide bonds. The monoisotopic (exact) mass is 366 g/mol. The summed E-state index contributed by atoms with van der Waals surface area (Å²) >= 11 is 0. The standard InChI is InChI=1S/C19H18N4O4/c1-5-27-19(26)16-11(3)15(23(7-6-20)12(16)4)8-13-10(2)14(9-21)18(25)22-17(13)24/h8H,5,7H2,1-4H3,(H,22,24,25)/b13-8-. The number of nitrogens with zero attached hydrogens (tertiary/aromatic N) is 3. The van der Waals surface area contributed by atoms with Crippen molar-refractivity contribution in [2.24, 2.45) is 0 Å². The number of aromatic nitrogens is 1. The molecule has 0 atom stereocenters. The second kappa shape index (κ2) is 7.71. The van der Waals surface area contributed by atoms with Gasteiger partial charge in [-0.3, -0.25) is 14.9 Å². The average molecular weight is 366 g/mol. The van der Waals surface area contributed by atoms with Gasteiger partial charge in [-0.1, -0.05) is 0 Å². The average Bonchev–Trinajstić information content (AvgIpc) is 2.83. The maximum Gasteiger partial charge on any atom is 0.340 e. The molecule has 8 heteroatoms. The molecule has 138 valence electrons. The van der Waals surface area contributed by atoms with Gasteiger partial charge in [-0.2, -0.15) is 10.5 Å². The van der Waals surface area contributed by atoms with Crippen molar-refractivity contribution in [3.8, 4) is 12.1 Å². The van der Waals surface area contributed by atoms with E-state index in [1.807, 2.05) is 6.07 Å². The van der Waals surface area contributed by atoms with E-state index in [4.69, 9.17) is 15.3 Å². The molecule has 0 bridgehead atoms. The lowest BCUT2D eigenvalue weighted by molar-refractivity contribution is -0.126. The number of amides is 2. The van der Waals surface area contributed by atoms with Crippen LogP contribution in [0, 0.1) is 36.5 Å². The summed E-state index contributed by atoms with van der Waals surface area (Å²) in [6.45, 7) is 6.74. The molecule has 0 saturated heterocycles. The van der Waals surface area contributed by atoms with Crippen LogP contribution in [0.3, 0.4) is 0 Å². The van der Waals surface area contributed by atoms with Crippen LogP contribution in [0.15, 0.2) is 16.7 Å². The fraction of sp³-hybridized carbons (Fsp3) is 0.316. The van der Waals surface area contributed by atoms with Gasteiger partial charge in [-0.05, 0) is 44.9 Å². The fourth-order valence-corrected chi connectivity index (χ4v) is 3.04. The molecule has 1 aromatic rings. The molecule has 0 spiro atoms. The molecule has 0 fully saturated rings. The molecule has 0 aromatic carbocycles. The largest absolute Gasteiger partial charge is 0.462 e. The Balaban J connectivity index is 2.75. The molecule has 2 rings (SSSR count). The van der Waals surface area contributed by atoms with Gasteiger partial charge in [0.15, 0.2) is 0 Å². The summed E-state index contributed by atoms with van der Waals surface area (Å²) in [4.78, 5) is 36.3. The van der Waals surface area contributed by atoms with Crippen LogP contribution in [0.5, 0.6) is 0 Å². The van der Waals surface area contributed by atoms with Crippen LogP contribution in [0.4, 0.5) is 0 Å². The second-order valence-corrected chi connectivity index (χ2v) is 5.89. The third kappa shape index (κ3) is 3.38. The number of carbonyl (C=O) groups is 3. The minimum absolute atomic E-state index is 0.0421. The third-order valence-electron chi connectivity index (χ3n) is 4.40. The van der Waals surface area contributed by atoms with Crippen LogP contribution < -0.4 is 5.32 Å². The van der Waals surface area contributed by atoms with Crippen LogP contribution in [0.1, 0.15) is 41.2 Å². The summed E-state index contributed by atoms with van der Waals surface area (Å²) in [7, 11) is 0. The lowest BCUT2D eigenvalue weighted by Crippen LogP contribution is -2.37. The smallest absolute Gasteiger partial charge is 0.340 e. The number of rotatable bonds is 4. The number of carbonyl (C=O) groups excluding carboxylic acids is 3. The highest BCUT2D eigenvalue weighted by molar-refractivity contribution is 6.19. The minimum Gasteiger partial charge on any atom is -0.462 e. The zero-order valence-corrected chi connectivity index (χ0v) is 15.5. The van der Waals surface area contributed by atoms with Crippen molar-refractivity contribution in [3.05, 3.63) is 39.2 Å². The number of nitrogens with one attached hydrogen (secondary N) is 1. The topological polar surface area (TPSA) is 125 Å². The van der Waals surface area contributed by atoms with E-state index in [1.165, 1.54) is 13.0 Å². The van der Waals surface area contributed by atoms with Gasteiger partial charge in [0.05, 0.1) is 18.2 Å². The summed E-state index contributed by atoms with van der Waals surface area (Å²) in [5.74, 6) is -1.90. The van der Waals surface area contributed by atoms with Crippen LogP contribution in [-0.4, -0.2) is 29.0 Å². The number of esters is 1. The SMILES string of the molecule is CCOC(=O)c1c(C)c(/C=C2\C(=O)NC(=O)C(C#N)=C2C)n(CC#N)c1C. The predicted molar refractivity (Wildman–Crippen MR) is 94.9 cm³/mol. The van der Waals surface area contributed by atoms with Crippen molar-refractivity contribution in [1.29, 1.82) is 10.5 Å². The van der Waals surface area contributed by atoms with Crippen molar-refractivity contribution >= 4 is 23.9 Å². The summed E-state index contributed by atoms with van der Waals surface area (Å²) in [5.41, 5.74) is 2.09. The van der Waals surface area contributed by atoms with Gasteiger partial charge in [-0.15, -0.1) is 0 Å². The Morgan fingerprint density at radius 1 is 1.22 bits per heavy atom. The van der Waals surface area contributed by atoms with E-state index in [2.05, 4.69) is 5.32 Å². The van der Waals surface area contributed by atoms with Crippen LogP contribution >= 0.6 is 0 Å². The molecule has 0 saturated carbocycles. The van der Waals surface area contributed by atoms with Crippen molar-refractivity contribution in [2.45, 2.75) is 34.2 Å². The Kier molecular flexibility index (Phi) is 5.62. The van der Waals surface area contributed by atoms with Crippen LogP contribution in [0.25, 0.3) is 6.08 Å². The van der Waals surface area contributed by atoms with E-state index < -0.39 is 17.8 Å². The molecule has 0 unspecified atom stereocenters. The number of ether oxygens (including phenoxy) is 1. The Hall–Kier alpha value is -3.65. The summed E-state index contributed by atoms with van der Waals surface area (Å²) in [6, 6.07) is 3.81. The number of imide groups is 1. The van der Waals surface area contributed by atoms with Gasteiger partial charge >= 0.3 is 5.97 Å². The van der Waals surface area contributed by atoms with E-state index in [0.717, 1.165) is 0 Å². The Morgan fingerprint density at radius 3 is 2.44 bits per heavy atom. The van der Waals surface area contributed by atoms with E-state index in [1.54, 1.807) is 31.4 Å². The first-order chi connectivity index (χ1) is 12.8. The zero-order valence-electron chi connectivity index (χ0n) is 15.5. The molecule has 8 nitrogen and oxygen atoms in total.